The minimum atomic E-state index is 0.370. The Kier molecular flexibility index (Phi) is 3.79. The molecule has 0 aliphatic heterocycles. The van der Waals surface area contributed by atoms with E-state index in [1.54, 1.807) is 0 Å². The normalized spacial score (nSPS) is 31.5. The Bertz CT molecular complexity index is 223. The van der Waals surface area contributed by atoms with E-state index >= 15 is 0 Å². The van der Waals surface area contributed by atoms with Crippen LogP contribution in [0.1, 0.15) is 51.9 Å². The van der Waals surface area contributed by atoms with Crippen LogP contribution in [0.3, 0.4) is 0 Å². The van der Waals surface area contributed by atoms with E-state index in [4.69, 9.17) is 0 Å². The Morgan fingerprint density at radius 3 is 2.60 bits per heavy atom. The van der Waals surface area contributed by atoms with Crippen molar-refractivity contribution >= 4 is 5.78 Å². The first-order chi connectivity index (χ1) is 7.31. The van der Waals surface area contributed by atoms with Crippen molar-refractivity contribution in [2.24, 2.45) is 11.8 Å². The quantitative estimate of drug-likeness (QED) is 0.754. The van der Waals surface area contributed by atoms with Crippen LogP contribution in [0.2, 0.25) is 0 Å². The highest BCUT2D eigenvalue weighted by atomic mass is 16.1. The Morgan fingerprint density at radius 1 is 1.20 bits per heavy atom. The Labute approximate surface area is 92.8 Å². The van der Waals surface area contributed by atoms with Gasteiger partial charge in [0.2, 0.25) is 0 Å². The van der Waals surface area contributed by atoms with E-state index in [1.807, 2.05) is 0 Å². The number of rotatable bonds is 5. The number of hydrogen-bond donors (Lipinski definition) is 1. The van der Waals surface area contributed by atoms with Crippen molar-refractivity contribution in [1.82, 2.24) is 5.32 Å². The zero-order valence-electron chi connectivity index (χ0n) is 9.80. The van der Waals surface area contributed by atoms with Crippen molar-refractivity contribution in [3.63, 3.8) is 0 Å². The molecule has 1 N–H and O–H groups in total. The number of ketones is 1. The molecular formula is C13H23NO. The topological polar surface area (TPSA) is 29.1 Å². The van der Waals surface area contributed by atoms with Crippen molar-refractivity contribution in [3.05, 3.63) is 0 Å². The molecule has 2 aliphatic rings. The van der Waals surface area contributed by atoms with Crippen LogP contribution in [0.15, 0.2) is 0 Å². The van der Waals surface area contributed by atoms with Gasteiger partial charge in [0.1, 0.15) is 5.78 Å². The highest BCUT2D eigenvalue weighted by Crippen LogP contribution is 2.32. The largest absolute Gasteiger partial charge is 0.307 e. The second kappa shape index (κ2) is 5.11. The first kappa shape index (κ1) is 11.1. The van der Waals surface area contributed by atoms with Crippen molar-refractivity contribution in [2.75, 3.05) is 6.54 Å². The van der Waals surface area contributed by atoms with Crippen molar-refractivity contribution in [1.29, 1.82) is 0 Å². The summed E-state index contributed by atoms with van der Waals surface area (Å²) in [6, 6.07) is 0.664. The van der Waals surface area contributed by atoms with Crippen LogP contribution in [-0.2, 0) is 4.79 Å². The maximum Gasteiger partial charge on any atom is 0.149 e. The lowest BCUT2D eigenvalue weighted by molar-refractivity contribution is -0.124. The second-order valence-corrected chi connectivity index (χ2v) is 5.18. The number of carbonyl (C=O) groups excluding carboxylic acids is 1. The van der Waals surface area contributed by atoms with E-state index in [0.29, 0.717) is 30.2 Å². The third kappa shape index (κ3) is 3.04. The number of carbonyl (C=O) groups is 1. The zero-order valence-corrected chi connectivity index (χ0v) is 9.80. The summed E-state index contributed by atoms with van der Waals surface area (Å²) in [5, 5.41) is 3.35. The van der Waals surface area contributed by atoms with Gasteiger partial charge < -0.3 is 5.32 Å². The molecule has 0 aromatic carbocycles. The van der Waals surface area contributed by atoms with Crippen LogP contribution < -0.4 is 5.32 Å². The van der Waals surface area contributed by atoms with E-state index in [1.165, 1.54) is 38.5 Å². The van der Waals surface area contributed by atoms with Crippen molar-refractivity contribution in [2.45, 2.75) is 57.9 Å². The van der Waals surface area contributed by atoms with Gasteiger partial charge >= 0.3 is 0 Å². The van der Waals surface area contributed by atoms with E-state index < -0.39 is 0 Å². The molecule has 2 rings (SSSR count). The average molecular weight is 209 g/mol. The second-order valence-electron chi connectivity index (χ2n) is 5.18. The molecule has 15 heavy (non-hydrogen) atoms. The molecule has 2 saturated carbocycles. The standard InChI is InChI=1S/C13H23NO/c1-2-10-5-3-4-6-12(10)13(15)9-14-11-7-8-11/h10-12,14H,2-9H2,1H3. The maximum atomic E-state index is 12.0. The molecule has 2 nitrogen and oxygen atoms in total. The van der Waals surface area contributed by atoms with Gasteiger partial charge in [0.15, 0.2) is 0 Å². The third-order valence-electron chi connectivity index (χ3n) is 3.99. The highest BCUT2D eigenvalue weighted by molar-refractivity contribution is 5.83. The lowest BCUT2D eigenvalue weighted by Gasteiger charge is -2.29. The maximum absolute atomic E-state index is 12.0. The third-order valence-corrected chi connectivity index (χ3v) is 3.99. The van der Waals surface area contributed by atoms with Gasteiger partial charge in [-0.1, -0.05) is 26.2 Å². The summed E-state index contributed by atoms with van der Waals surface area (Å²) in [7, 11) is 0. The number of hydrogen-bond acceptors (Lipinski definition) is 2. The average Bonchev–Trinajstić information content (AvgIpc) is 3.09. The lowest BCUT2D eigenvalue weighted by Crippen LogP contribution is -2.34. The summed E-state index contributed by atoms with van der Waals surface area (Å²) in [5.74, 6) is 1.52. The molecule has 2 heteroatoms. The van der Waals surface area contributed by atoms with Gasteiger partial charge in [-0.05, 0) is 31.6 Å². The smallest absolute Gasteiger partial charge is 0.149 e. The van der Waals surface area contributed by atoms with Gasteiger partial charge in [0.25, 0.3) is 0 Å². The van der Waals surface area contributed by atoms with Gasteiger partial charge in [-0.15, -0.1) is 0 Å². The van der Waals surface area contributed by atoms with E-state index in [2.05, 4.69) is 12.2 Å². The number of nitrogens with one attached hydrogen (secondary N) is 1. The van der Waals surface area contributed by atoms with Gasteiger partial charge in [0, 0.05) is 12.0 Å². The van der Waals surface area contributed by atoms with Gasteiger partial charge in [0.05, 0.1) is 6.54 Å². The molecule has 0 radical (unpaired) electrons. The van der Waals surface area contributed by atoms with E-state index in [-0.39, 0.29) is 0 Å². The van der Waals surface area contributed by atoms with Gasteiger partial charge in [-0.25, -0.2) is 0 Å². The molecule has 0 amide bonds. The van der Waals surface area contributed by atoms with Crippen LogP contribution in [0, 0.1) is 11.8 Å². The molecule has 0 aromatic rings. The van der Waals surface area contributed by atoms with Crippen LogP contribution in [0.4, 0.5) is 0 Å². The SMILES string of the molecule is CCC1CCCCC1C(=O)CNC1CC1. The van der Waals surface area contributed by atoms with Crippen molar-refractivity contribution in [3.8, 4) is 0 Å². The van der Waals surface area contributed by atoms with Gasteiger partial charge in [-0.3, -0.25) is 4.79 Å². The Morgan fingerprint density at radius 2 is 1.93 bits per heavy atom. The van der Waals surface area contributed by atoms with Crippen LogP contribution in [-0.4, -0.2) is 18.4 Å². The highest BCUT2D eigenvalue weighted by Gasteiger charge is 2.30. The fourth-order valence-corrected chi connectivity index (χ4v) is 2.78. The lowest BCUT2D eigenvalue weighted by atomic mass is 9.75. The van der Waals surface area contributed by atoms with Gasteiger partial charge in [-0.2, -0.15) is 0 Å². The van der Waals surface area contributed by atoms with Crippen LogP contribution in [0.25, 0.3) is 0 Å². The summed E-state index contributed by atoms with van der Waals surface area (Å²) in [6.07, 6.45) is 8.73. The fraction of sp³-hybridized carbons (Fsp3) is 0.923. The molecule has 86 valence electrons. The minimum absolute atomic E-state index is 0.370. The van der Waals surface area contributed by atoms with E-state index in [0.717, 1.165) is 6.42 Å². The molecule has 2 fully saturated rings. The first-order valence-electron chi connectivity index (χ1n) is 6.57. The predicted octanol–water partition coefficient (Wildman–Crippen LogP) is 2.52. The zero-order chi connectivity index (χ0) is 10.7. The molecule has 2 aliphatic carbocycles. The summed E-state index contributed by atoms with van der Waals surface area (Å²) < 4.78 is 0. The molecule has 0 heterocycles. The van der Waals surface area contributed by atoms with Crippen molar-refractivity contribution < 1.29 is 4.79 Å². The van der Waals surface area contributed by atoms with Crippen LogP contribution in [0.5, 0.6) is 0 Å². The molecule has 0 aromatic heterocycles. The Hall–Kier alpha value is -0.370. The minimum Gasteiger partial charge on any atom is -0.307 e. The van der Waals surface area contributed by atoms with Crippen LogP contribution >= 0.6 is 0 Å². The number of Topliss-reactive ketones (excluding diaryl/α,β-unsaturated/α-hetero) is 1. The Balaban J connectivity index is 1.79. The molecule has 2 unspecified atom stereocenters. The first-order valence-corrected chi connectivity index (χ1v) is 6.57. The molecule has 0 saturated heterocycles. The molecule has 2 atom stereocenters. The fourth-order valence-electron chi connectivity index (χ4n) is 2.78. The summed E-state index contributed by atoms with van der Waals surface area (Å²) in [5.41, 5.74) is 0. The summed E-state index contributed by atoms with van der Waals surface area (Å²) in [6.45, 7) is 2.86. The molecular weight excluding hydrogens is 186 g/mol. The van der Waals surface area contributed by atoms with E-state index in [9.17, 15) is 4.79 Å². The monoisotopic (exact) mass is 209 g/mol. The predicted molar refractivity (Wildman–Crippen MR) is 61.8 cm³/mol. The molecule has 0 spiro atoms. The summed E-state index contributed by atoms with van der Waals surface area (Å²) >= 11 is 0. The molecule has 0 bridgehead atoms. The summed E-state index contributed by atoms with van der Waals surface area (Å²) in [4.78, 5) is 12.0.